The maximum atomic E-state index is 12.7. The topological polar surface area (TPSA) is 71.3 Å². The molecule has 4 aromatic rings. The molecule has 0 aliphatic heterocycles. The first-order valence-electron chi connectivity index (χ1n) is 11.2. The van der Waals surface area contributed by atoms with Gasteiger partial charge >= 0.3 is 0 Å². The molecule has 4 aromatic carbocycles. The minimum Gasteiger partial charge on any atom is -0.490 e. The Hall–Kier alpha value is -3.79. The fraction of sp³-hybridized carbons (Fsp3) is 0.103. The highest BCUT2D eigenvalue weighted by Crippen LogP contribution is 2.36. The van der Waals surface area contributed by atoms with Crippen molar-refractivity contribution in [2.24, 2.45) is 0 Å². The highest BCUT2D eigenvalue weighted by atomic mass is 79.9. The molecule has 0 spiro atoms. The van der Waals surface area contributed by atoms with Gasteiger partial charge in [-0.05, 0) is 65.2 Å². The molecule has 0 aromatic heterocycles. The quantitative estimate of drug-likeness (QED) is 0.176. The average molecular weight is 562 g/mol. The zero-order chi connectivity index (χ0) is 25.5. The summed E-state index contributed by atoms with van der Waals surface area (Å²) in [7, 11) is 0. The van der Waals surface area contributed by atoms with Crippen LogP contribution in [0.15, 0.2) is 88.9 Å². The van der Waals surface area contributed by atoms with Gasteiger partial charge in [0.1, 0.15) is 18.2 Å². The van der Waals surface area contributed by atoms with Gasteiger partial charge < -0.3 is 14.8 Å². The van der Waals surface area contributed by atoms with Gasteiger partial charge in [0, 0.05) is 15.2 Å². The van der Waals surface area contributed by atoms with E-state index < -0.39 is 5.91 Å². The van der Waals surface area contributed by atoms with E-state index in [2.05, 4.69) is 39.4 Å². The van der Waals surface area contributed by atoms with Crippen molar-refractivity contribution < 1.29 is 14.3 Å². The van der Waals surface area contributed by atoms with Crippen molar-refractivity contribution in [3.63, 3.8) is 0 Å². The molecule has 36 heavy (non-hydrogen) atoms. The van der Waals surface area contributed by atoms with Gasteiger partial charge in [0.15, 0.2) is 11.5 Å². The molecule has 0 unspecified atom stereocenters. The van der Waals surface area contributed by atoms with Crippen molar-refractivity contribution in [1.82, 2.24) is 0 Å². The Labute approximate surface area is 223 Å². The van der Waals surface area contributed by atoms with Gasteiger partial charge in [-0.1, -0.05) is 76.1 Å². The molecule has 0 bridgehead atoms. The fourth-order valence-electron chi connectivity index (χ4n) is 3.69. The van der Waals surface area contributed by atoms with Crippen molar-refractivity contribution in [3.05, 3.63) is 105 Å². The molecule has 0 radical (unpaired) electrons. The van der Waals surface area contributed by atoms with E-state index in [0.717, 1.165) is 16.3 Å². The molecular formula is C29H22BrClN2O3. The molecule has 5 nitrogen and oxygen atoms in total. The number of nitrogens with zero attached hydrogens (tertiary/aromatic N) is 1. The number of carbonyl (C=O) groups is 1. The Morgan fingerprint density at radius 3 is 2.56 bits per heavy atom. The second-order valence-corrected chi connectivity index (χ2v) is 9.11. The molecule has 180 valence electrons. The molecule has 0 fully saturated rings. The fourth-order valence-corrected chi connectivity index (χ4v) is 4.31. The predicted octanol–water partition coefficient (Wildman–Crippen LogP) is 7.78. The van der Waals surface area contributed by atoms with E-state index in [9.17, 15) is 10.1 Å². The number of rotatable bonds is 8. The number of benzene rings is 4. The SMILES string of the molecule is CCOc1cc(/C=C(\C#N)C(=O)Nc2cccc(Cl)c2)c(Br)cc1OCc1cccc2ccccc12. The number of nitriles is 1. The van der Waals surface area contributed by atoms with Crippen LogP contribution in [0.25, 0.3) is 16.8 Å². The summed E-state index contributed by atoms with van der Waals surface area (Å²) in [6, 6.07) is 26.5. The van der Waals surface area contributed by atoms with Gasteiger partial charge in [-0.3, -0.25) is 4.79 Å². The average Bonchev–Trinajstić information content (AvgIpc) is 2.87. The maximum absolute atomic E-state index is 12.7. The third-order valence-corrected chi connectivity index (χ3v) is 6.30. The normalized spacial score (nSPS) is 11.1. The first kappa shape index (κ1) is 25.3. The summed E-state index contributed by atoms with van der Waals surface area (Å²) < 4.78 is 12.6. The smallest absolute Gasteiger partial charge is 0.266 e. The Balaban J connectivity index is 1.59. The van der Waals surface area contributed by atoms with E-state index in [1.165, 1.54) is 6.08 Å². The van der Waals surface area contributed by atoms with Crippen LogP contribution >= 0.6 is 27.5 Å². The summed E-state index contributed by atoms with van der Waals surface area (Å²) in [6.07, 6.45) is 1.50. The second-order valence-electron chi connectivity index (χ2n) is 7.81. The number of anilines is 1. The molecule has 1 N–H and O–H groups in total. The van der Waals surface area contributed by atoms with Gasteiger partial charge in [-0.25, -0.2) is 0 Å². The number of carbonyl (C=O) groups excluding carboxylic acids is 1. The lowest BCUT2D eigenvalue weighted by Gasteiger charge is -2.15. The number of hydrogen-bond donors (Lipinski definition) is 1. The largest absolute Gasteiger partial charge is 0.490 e. The van der Waals surface area contributed by atoms with Crippen molar-refractivity contribution in [2.45, 2.75) is 13.5 Å². The second kappa shape index (κ2) is 11.8. The van der Waals surface area contributed by atoms with Crippen molar-refractivity contribution in [2.75, 3.05) is 11.9 Å². The lowest BCUT2D eigenvalue weighted by atomic mass is 10.1. The number of fused-ring (bicyclic) bond motifs is 1. The van der Waals surface area contributed by atoms with Crippen LogP contribution in [0.3, 0.4) is 0 Å². The van der Waals surface area contributed by atoms with Crippen molar-refractivity contribution in [3.8, 4) is 17.6 Å². The zero-order valence-electron chi connectivity index (χ0n) is 19.4. The Morgan fingerprint density at radius 2 is 1.78 bits per heavy atom. The molecule has 0 aliphatic carbocycles. The summed E-state index contributed by atoms with van der Waals surface area (Å²) in [6.45, 7) is 2.66. The molecule has 1 amide bonds. The van der Waals surface area contributed by atoms with Crippen LogP contribution in [0.1, 0.15) is 18.1 Å². The maximum Gasteiger partial charge on any atom is 0.266 e. The minimum absolute atomic E-state index is 0.0671. The summed E-state index contributed by atoms with van der Waals surface area (Å²) in [4.78, 5) is 12.7. The zero-order valence-corrected chi connectivity index (χ0v) is 21.8. The summed E-state index contributed by atoms with van der Waals surface area (Å²) in [5.41, 5.74) is 2.09. The van der Waals surface area contributed by atoms with E-state index in [-0.39, 0.29) is 5.57 Å². The molecule has 0 aliphatic rings. The monoisotopic (exact) mass is 560 g/mol. The third kappa shape index (κ3) is 6.06. The van der Waals surface area contributed by atoms with E-state index in [1.54, 1.807) is 36.4 Å². The molecule has 0 heterocycles. The van der Waals surface area contributed by atoms with E-state index in [0.29, 0.717) is 45.5 Å². The lowest BCUT2D eigenvalue weighted by molar-refractivity contribution is -0.112. The third-order valence-electron chi connectivity index (χ3n) is 5.37. The Kier molecular flexibility index (Phi) is 8.27. The van der Waals surface area contributed by atoms with Gasteiger partial charge in [0.2, 0.25) is 0 Å². The van der Waals surface area contributed by atoms with Crippen LogP contribution in [-0.2, 0) is 11.4 Å². The Bertz CT molecular complexity index is 1490. The predicted molar refractivity (Wildman–Crippen MR) is 147 cm³/mol. The number of hydrogen-bond acceptors (Lipinski definition) is 4. The number of halogens is 2. The van der Waals surface area contributed by atoms with Crippen LogP contribution in [0.5, 0.6) is 11.5 Å². The van der Waals surface area contributed by atoms with E-state index in [4.69, 9.17) is 21.1 Å². The minimum atomic E-state index is -0.541. The number of ether oxygens (including phenoxy) is 2. The number of nitrogens with one attached hydrogen (secondary N) is 1. The van der Waals surface area contributed by atoms with Crippen LogP contribution in [0, 0.1) is 11.3 Å². The first-order chi connectivity index (χ1) is 17.5. The van der Waals surface area contributed by atoms with Gasteiger partial charge in [-0.2, -0.15) is 5.26 Å². The van der Waals surface area contributed by atoms with Crippen LogP contribution in [0.4, 0.5) is 5.69 Å². The van der Waals surface area contributed by atoms with Crippen LogP contribution in [-0.4, -0.2) is 12.5 Å². The highest BCUT2D eigenvalue weighted by Gasteiger charge is 2.15. The van der Waals surface area contributed by atoms with Crippen LogP contribution in [0.2, 0.25) is 5.02 Å². The van der Waals surface area contributed by atoms with Gasteiger partial charge in [0.25, 0.3) is 5.91 Å². The Morgan fingerprint density at radius 1 is 1.03 bits per heavy atom. The number of amides is 1. The summed E-state index contributed by atoms with van der Waals surface area (Å²) >= 11 is 9.53. The summed E-state index contributed by atoms with van der Waals surface area (Å²) in [5, 5.41) is 15.1. The lowest BCUT2D eigenvalue weighted by Crippen LogP contribution is -2.13. The molecular weight excluding hydrogens is 540 g/mol. The van der Waals surface area contributed by atoms with Crippen molar-refractivity contribution >= 4 is 56.0 Å². The standard InChI is InChI=1S/C29H22BrClN2O3/c1-2-35-27-14-21(13-22(17-32)29(34)33-24-11-6-10-23(31)15-24)26(30)16-28(27)36-18-20-9-5-8-19-7-3-4-12-25(19)20/h3-16H,2,18H2,1H3,(H,33,34)/b22-13+. The molecule has 0 saturated heterocycles. The highest BCUT2D eigenvalue weighted by molar-refractivity contribution is 9.10. The summed E-state index contributed by atoms with van der Waals surface area (Å²) in [5.74, 6) is 0.524. The van der Waals surface area contributed by atoms with Gasteiger partial charge in [0.05, 0.1) is 6.61 Å². The first-order valence-corrected chi connectivity index (χ1v) is 12.4. The van der Waals surface area contributed by atoms with Gasteiger partial charge in [-0.15, -0.1) is 0 Å². The molecule has 7 heteroatoms. The molecule has 0 saturated carbocycles. The molecule has 4 rings (SSSR count). The van der Waals surface area contributed by atoms with E-state index >= 15 is 0 Å². The van der Waals surface area contributed by atoms with Crippen molar-refractivity contribution in [1.29, 1.82) is 5.26 Å². The van der Waals surface area contributed by atoms with E-state index in [1.807, 2.05) is 37.3 Å². The van der Waals surface area contributed by atoms with Crippen LogP contribution < -0.4 is 14.8 Å². The molecule has 0 atom stereocenters.